The summed E-state index contributed by atoms with van der Waals surface area (Å²) < 4.78 is 5.55. The van der Waals surface area contributed by atoms with Crippen molar-refractivity contribution in [2.45, 2.75) is 65.2 Å². The summed E-state index contributed by atoms with van der Waals surface area (Å²) in [5.41, 5.74) is 5.43. The zero-order valence-corrected chi connectivity index (χ0v) is 12.0. The van der Waals surface area contributed by atoms with Gasteiger partial charge in [0.25, 0.3) is 0 Å². The summed E-state index contributed by atoms with van der Waals surface area (Å²) in [5.74, 6) is 0.475. The maximum atomic E-state index is 12.2. The highest BCUT2D eigenvalue weighted by molar-refractivity contribution is 5.77. The molecule has 0 heterocycles. The highest BCUT2D eigenvalue weighted by atomic mass is 16.5. The molecule has 3 nitrogen and oxygen atoms in total. The van der Waals surface area contributed by atoms with Crippen LogP contribution in [-0.4, -0.2) is 19.1 Å². The highest BCUT2D eigenvalue weighted by Gasteiger charge is 2.41. The zero-order chi connectivity index (χ0) is 13.4. The first-order valence-corrected chi connectivity index (χ1v) is 7.55. The van der Waals surface area contributed by atoms with Gasteiger partial charge in [0.05, 0.1) is 12.0 Å². The third-order valence-electron chi connectivity index (χ3n) is 4.38. The van der Waals surface area contributed by atoms with Crippen LogP contribution < -0.4 is 5.73 Å². The lowest BCUT2D eigenvalue weighted by Gasteiger charge is -2.26. The maximum absolute atomic E-state index is 12.2. The molecule has 1 atom stereocenters. The van der Waals surface area contributed by atoms with Gasteiger partial charge < -0.3 is 10.5 Å². The second-order valence-corrected chi connectivity index (χ2v) is 5.71. The Bertz CT molecular complexity index is 247. The summed E-state index contributed by atoms with van der Waals surface area (Å²) >= 11 is 0. The Labute approximate surface area is 111 Å². The molecule has 0 saturated heterocycles. The highest BCUT2D eigenvalue weighted by Crippen LogP contribution is 2.38. The van der Waals surface area contributed by atoms with Gasteiger partial charge in [0.15, 0.2) is 0 Å². The zero-order valence-electron chi connectivity index (χ0n) is 12.0. The maximum Gasteiger partial charge on any atom is 0.313 e. The molecule has 0 aliphatic heterocycles. The number of hydrogen-bond donors (Lipinski definition) is 1. The lowest BCUT2D eigenvalue weighted by Crippen LogP contribution is -2.38. The van der Waals surface area contributed by atoms with Crippen molar-refractivity contribution >= 4 is 5.97 Å². The molecule has 0 spiro atoms. The van der Waals surface area contributed by atoms with Crippen LogP contribution in [0.25, 0.3) is 0 Å². The Morgan fingerprint density at radius 3 is 2.50 bits per heavy atom. The first-order chi connectivity index (χ1) is 8.68. The van der Waals surface area contributed by atoms with Crippen molar-refractivity contribution in [3.8, 4) is 0 Å². The molecule has 0 bridgehead atoms. The third kappa shape index (κ3) is 3.98. The molecule has 0 aromatic heterocycles. The minimum absolute atomic E-state index is 0.0440. The first kappa shape index (κ1) is 15.5. The van der Waals surface area contributed by atoms with Crippen LogP contribution in [0, 0.1) is 11.3 Å². The Kier molecular flexibility index (Phi) is 6.69. The van der Waals surface area contributed by atoms with E-state index in [4.69, 9.17) is 10.5 Å². The fourth-order valence-electron chi connectivity index (χ4n) is 2.79. The van der Waals surface area contributed by atoms with Crippen LogP contribution in [0.5, 0.6) is 0 Å². The van der Waals surface area contributed by atoms with E-state index < -0.39 is 0 Å². The molecule has 0 aromatic rings. The number of hydrogen-bond acceptors (Lipinski definition) is 3. The molecule has 1 saturated carbocycles. The summed E-state index contributed by atoms with van der Waals surface area (Å²) in [6.07, 6.45) is 8.72. The van der Waals surface area contributed by atoms with Crippen molar-refractivity contribution in [1.82, 2.24) is 0 Å². The number of ether oxygens (including phenoxy) is 1. The standard InChI is InChI=1S/C15H29NO2/c1-3-5-8-13(4-2)11-18-14(17)15(12-16)9-6-7-10-15/h13H,3-12,16H2,1-2H3. The molecule has 0 aromatic carbocycles. The Hall–Kier alpha value is -0.570. The van der Waals surface area contributed by atoms with Crippen LogP contribution in [0.1, 0.15) is 65.2 Å². The van der Waals surface area contributed by atoms with Crippen LogP contribution in [0.3, 0.4) is 0 Å². The van der Waals surface area contributed by atoms with E-state index in [9.17, 15) is 4.79 Å². The number of unbranched alkanes of at least 4 members (excludes halogenated alkanes) is 1. The second-order valence-electron chi connectivity index (χ2n) is 5.71. The molecule has 0 radical (unpaired) electrons. The molecule has 3 heteroatoms. The fourth-order valence-corrected chi connectivity index (χ4v) is 2.79. The van der Waals surface area contributed by atoms with Crippen LogP contribution in [0.2, 0.25) is 0 Å². The van der Waals surface area contributed by atoms with Crippen LogP contribution in [0.15, 0.2) is 0 Å². The van der Waals surface area contributed by atoms with E-state index >= 15 is 0 Å². The smallest absolute Gasteiger partial charge is 0.313 e. The van der Waals surface area contributed by atoms with E-state index in [-0.39, 0.29) is 11.4 Å². The van der Waals surface area contributed by atoms with Gasteiger partial charge in [-0.1, -0.05) is 46.0 Å². The lowest BCUT2D eigenvalue weighted by molar-refractivity contribution is -0.156. The number of carbonyl (C=O) groups is 1. The van der Waals surface area contributed by atoms with Gasteiger partial charge in [-0.05, 0) is 25.2 Å². The first-order valence-electron chi connectivity index (χ1n) is 7.55. The lowest BCUT2D eigenvalue weighted by atomic mass is 9.86. The van der Waals surface area contributed by atoms with Crippen LogP contribution in [-0.2, 0) is 9.53 Å². The van der Waals surface area contributed by atoms with E-state index in [1.54, 1.807) is 0 Å². The van der Waals surface area contributed by atoms with Crippen molar-refractivity contribution in [1.29, 1.82) is 0 Å². The normalized spacial score (nSPS) is 19.7. The van der Waals surface area contributed by atoms with Gasteiger partial charge in [-0.25, -0.2) is 0 Å². The van der Waals surface area contributed by atoms with Gasteiger partial charge in [0.1, 0.15) is 0 Å². The van der Waals surface area contributed by atoms with Crippen LogP contribution in [0.4, 0.5) is 0 Å². The average Bonchev–Trinajstić information content (AvgIpc) is 2.88. The molecule has 18 heavy (non-hydrogen) atoms. The van der Waals surface area contributed by atoms with E-state index in [1.807, 2.05) is 0 Å². The summed E-state index contributed by atoms with van der Waals surface area (Å²) in [6.45, 7) is 5.39. The molecule has 1 aliphatic rings. The van der Waals surface area contributed by atoms with Crippen molar-refractivity contribution in [3.05, 3.63) is 0 Å². The predicted molar refractivity (Wildman–Crippen MR) is 74.2 cm³/mol. The minimum atomic E-state index is -0.358. The number of esters is 1. The molecule has 1 aliphatic carbocycles. The fraction of sp³-hybridized carbons (Fsp3) is 0.933. The van der Waals surface area contributed by atoms with Crippen molar-refractivity contribution in [2.24, 2.45) is 17.1 Å². The molecule has 1 unspecified atom stereocenters. The Balaban J connectivity index is 2.38. The molecule has 1 fully saturated rings. The van der Waals surface area contributed by atoms with E-state index in [0.717, 1.165) is 38.5 Å². The van der Waals surface area contributed by atoms with Gasteiger partial charge in [-0.3, -0.25) is 4.79 Å². The van der Waals surface area contributed by atoms with Crippen LogP contribution >= 0.6 is 0 Å². The van der Waals surface area contributed by atoms with Gasteiger partial charge >= 0.3 is 5.97 Å². The SMILES string of the molecule is CCCCC(CC)COC(=O)C1(CN)CCCC1. The molecule has 106 valence electrons. The van der Waals surface area contributed by atoms with Gasteiger partial charge in [0, 0.05) is 6.54 Å². The second kappa shape index (κ2) is 7.78. The molecular formula is C15H29NO2. The summed E-state index contributed by atoms with van der Waals surface area (Å²) in [7, 11) is 0. The summed E-state index contributed by atoms with van der Waals surface area (Å²) in [4.78, 5) is 12.2. The van der Waals surface area contributed by atoms with Gasteiger partial charge in [-0.2, -0.15) is 0 Å². The largest absolute Gasteiger partial charge is 0.465 e. The van der Waals surface area contributed by atoms with Gasteiger partial charge in [-0.15, -0.1) is 0 Å². The van der Waals surface area contributed by atoms with Crippen molar-refractivity contribution < 1.29 is 9.53 Å². The van der Waals surface area contributed by atoms with Gasteiger partial charge in [0.2, 0.25) is 0 Å². The molecule has 0 amide bonds. The molecule has 1 rings (SSSR count). The summed E-state index contributed by atoms with van der Waals surface area (Å²) in [5, 5.41) is 0. The topological polar surface area (TPSA) is 52.3 Å². The summed E-state index contributed by atoms with van der Waals surface area (Å²) in [6, 6.07) is 0. The monoisotopic (exact) mass is 255 g/mol. The van der Waals surface area contributed by atoms with E-state index in [2.05, 4.69) is 13.8 Å². The van der Waals surface area contributed by atoms with Crippen molar-refractivity contribution in [3.63, 3.8) is 0 Å². The van der Waals surface area contributed by atoms with E-state index in [0.29, 0.717) is 19.1 Å². The average molecular weight is 255 g/mol. The number of carbonyl (C=O) groups excluding carboxylic acids is 1. The molecular weight excluding hydrogens is 226 g/mol. The van der Waals surface area contributed by atoms with E-state index in [1.165, 1.54) is 12.8 Å². The quantitative estimate of drug-likeness (QED) is 0.677. The third-order valence-corrected chi connectivity index (χ3v) is 4.38. The number of nitrogens with two attached hydrogens (primary N) is 1. The predicted octanol–water partition coefficient (Wildman–Crippen LogP) is 3.27. The Morgan fingerprint density at radius 1 is 1.33 bits per heavy atom. The number of rotatable bonds is 8. The Morgan fingerprint density at radius 2 is 2.00 bits per heavy atom. The van der Waals surface area contributed by atoms with Crippen molar-refractivity contribution in [2.75, 3.05) is 13.2 Å². The minimum Gasteiger partial charge on any atom is -0.465 e. The molecule has 2 N–H and O–H groups in total.